The molecule has 1 amide bonds. The average Bonchev–Trinajstić information content (AvgIpc) is 2.66. The third kappa shape index (κ3) is 3.06. The van der Waals surface area contributed by atoms with Crippen LogP contribution >= 0.6 is 0 Å². The van der Waals surface area contributed by atoms with Gasteiger partial charge in [-0.25, -0.2) is 0 Å². The van der Waals surface area contributed by atoms with Gasteiger partial charge in [-0.1, -0.05) is 50.8 Å². The van der Waals surface area contributed by atoms with Crippen molar-refractivity contribution in [3.63, 3.8) is 0 Å². The summed E-state index contributed by atoms with van der Waals surface area (Å²) in [5.41, 5.74) is 1.54. The Hall–Kier alpha value is -2.10. The summed E-state index contributed by atoms with van der Waals surface area (Å²) >= 11 is 0. The molecule has 0 saturated carbocycles. The number of ether oxygens (including phenoxy) is 1. The highest BCUT2D eigenvalue weighted by molar-refractivity contribution is 5.86. The Morgan fingerprint density at radius 3 is 2.55 bits per heavy atom. The molecule has 0 aliphatic carbocycles. The van der Waals surface area contributed by atoms with E-state index in [9.17, 15) is 9.59 Å². The maximum Gasteiger partial charge on any atom is 0.305 e. The van der Waals surface area contributed by atoms with E-state index in [1.807, 2.05) is 44.2 Å². The van der Waals surface area contributed by atoms with Crippen LogP contribution in [0.15, 0.2) is 42.6 Å². The van der Waals surface area contributed by atoms with Crippen molar-refractivity contribution in [3.05, 3.63) is 48.2 Å². The lowest BCUT2D eigenvalue weighted by Crippen LogP contribution is -2.27. The van der Waals surface area contributed by atoms with Gasteiger partial charge in [0.2, 0.25) is 5.91 Å². The Kier molecular flexibility index (Phi) is 4.69. The van der Waals surface area contributed by atoms with E-state index in [0.717, 1.165) is 11.3 Å². The molecule has 1 saturated heterocycles. The lowest BCUT2D eigenvalue weighted by molar-refractivity contribution is -0.141. The number of rotatable bonds is 5. The summed E-state index contributed by atoms with van der Waals surface area (Å²) in [7, 11) is 1.37. The average molecular weight is 301 g/mol. The molecule has 4 heteroatoms. The van der Waals surface area contributed by atoms with E-state index >= 15 is 0 Å². The number of hydrogen-bond donors (Lipinski definition) is 0. The van der Waals surface area contributed by atoms with Crippen molar-refractivity contribution >= 4 is 11.9 Å². The molecule has 1 fully saturated rings. The van der Waals surface area contributed by atoms with Crippen LogP contribution in [0.3, 0.4) is 0 Å². The summed E-state index contributed by atoms with van der Waals surface area (Å²) in [6.07, 6.45) is 0.742. The van der Waals surface area contributed by atoms with Crippen molar-refractivity contribution in [1.29, 1.82) is 0 Å². The lowest BCUT2D eigenvalue weighted by atomic mass is 9.77. The molecule has 22 heavy (non-hydrogen) atoms. The van der Waals surface area contributed by atoms with Gasteiger partial charge in [-0.15, -0.1) is 0 Å². The van der Waals surface area contributed by atoms with Crippen molar-refractivity contribution in [2.24, 2.45) is 11.3 Å². The van der Waals surface area contributed by atoms with Crippen LogP contribution in [-0.4, -0.2) is 23.9 Å². The molecule has 4 nitrogen and oxygen atoms in total. The Morgan fingerprint density at radius 1 is 1.32 bits per heavy atom. The molecule has 1 atom stereocenters. The highest BCUT2D eigenvalue weighted by Gasteiger charge is 2.48. The standard InChI is InChI=1S/C18H23NO3/c1-13-18(2,3)15(10-11-16(20)22-4)17(21)19(13)12-14-8-6-5-7-9-14/h5-9,15H,1,10-12H2,2-4H3. The van der Waals surface area contributed by atoms with Crippen LogP contribution in [0.2, 0.25) is 0 Å². The molecule has 1 heterocycles. The predicted molar refractivity (Wildman–Crippen MR) is 84.7 cm³/mol. The van der Waals surface area contributed by atoms with Crippen LogP contribution in [-0.2, 0) is 20.9 Å². The molecule has 1 aliphatic rings. The first-order valence-electron chi connectivity index (χ1n) is 7.49. The molecule has 0 spiro atoms. The van der Waals surface area contributed by atoms with Crippen LogP contribution < -0.4 is 0 Å². The van der Waals surface area contributed by atoms with Crippen LogP contribution in [0, 0.1) is 11.3 Å². The number of benzene rings is 1. The zero-order valence-corrected chi connectivity index (χ0v) is 13.5. The van der Waals surface area contributed by atoms with Gasteiger partial charge in [-0.05, 0) is 12.0 Å². The molecule has 1 aliphatic heterocycles. The normalized spacial score (nSPS) is 20.3. The Bertz CT molecular complexity index is 577. The van der Waals surface area contributed by atoms with Crippen LogP contribution in [0.4, 0.5) is 0 Å². The highest BCUT2D eigenvalue weighted by Crippen LogP contribution is 2.46. The summed E-state index contributed by atoms with van der Waals surface area (Å²) < 4.78 is 4.68. The second-order valence-corrected chi connectivity index (χ2v) is 6.25. The van der Waals surface area contributed by atoms with Crippen molar-refractivity contribution < 1.29 is 14.3 Å². The molecule has 1 unspecified atom stereocenters. The third-order valence-electron chi connectivity index (χ3n) is 4.55. The Balaban J connectivity index is 2.15. The largest absolute Gasteiger partial charge is 0.469 e. The predicted octanol–water partition coefficient (Wildman–Crippen LogP) is 3.14. The summed E-state index contributed by atoms with van der Waals surface area (Å²) in [5, 5.41) is 0. The fraction of sp³-hybridized carbons (Fsp3) is 0.444. The van der Waals surface area contributed by atoms with Gasteiger partial charge in [-0.2, -0.15) is 0 Å². The molecule has 2 rings (SSSR count). The van der Waals surface area contributed by atoms with E-state index in [-0.39, 0.29) is 29.6 Å². The monoisotopic (exact) mass is 301 g/mol. The molecule has 1 aromatic rings. The van der Waals surface area contributed by atoms with E-state index in [2.05, 4.69) is 11.3 Å². The smallest absolute Gasteiger partial charge is 0.305 e. The zero-order chi connectivity index (χ0) is 16.3. The summed E-state index contributed by atoms with van der Waals surface area (Å²) in [4.78, 5) is 25.9. The zero-order valence-electron chi connectivity index (χ0n) is 13.5. The first-order chi connectivity index (χ1) is 10.4. The number of methoxy groups -OCH3 is 1. The summed E-state index contributed by atoms with van der Waals surface area (Å²) in [5.74, 6) is -0.471. The van der Waals surface area contributed by atoms with Crippen molar-refractivity contribution in [2.75, 3.05) is 7.11 Å². The van der Waals surface area contributed by atoms with Crippen molar-refractivity contribution in [3.8, 4) is 0 Å². The minimum Gasteiger partial charge on any atom is -0.469 e. The minimum atomic E-state index is -0.347. The third-order valence-corrected chi connectivity index (χ3v) is 4.55. The van der Waals surface area contributed by atoms with Gasteiger partial charge in [0.05, 0.1) is 13.7 Å². The van der Waals surface area contributed by atoms with E-state index in [1.165, 1.54) is 7.11 Å². The maximum atomic E-state index is 12.7. The Morgan fingerprint density at radius 2 is 1.95 bits per heavy atom. The number of likely N-dealkylation sites (tertiary alicyclic amines) is 1. The van der Waals surface area contributed by atoms with Gasteiger partial charge >= 0.3 is 5.97 Å². The number of nitrogens with zero attached hydrogens (tertiary/aromatic N) is 1. The molecule has 118 valence electrons. The van der Waals surface area contributed by atoms with E-state index in [4.69, 9.17) is 0 Å². The van der Waals surface area contributed by atoms with Crippen LogP contribution in [0.1, 0.15) is 32.3 Å². The fourth-order valence-corrected chi connectivity index (χ4v) is 2.97. The second kappa shape index (κ2) is 6.34. The topological polar surface area (TPSA) is 46.6 Å². The fourth-order valence-electron chi connectivity index (χ4n) is 2.97. The molecule has 0 N–H and O–H groups in total. The lowest BCUT2D eigenvalue weighted by Gasteiger charge is -2.25. The van der Waals surface area contributed by atoms with Crippen molar-refractivity contribution in [1.82, 2.24) is 4.90 Å². The van der Waals surface area contributed by atoms with Gasteiger partial charge in [-0.3, -0.25) is 9.59 Å². The number of carbonyl (C=O) groups is 2. The minimum absolute atomic E-state index is 0.0442. The molecule has 1 aromatic carbocycles. The maximum absolute atomic E-state index is 12.7. The SMILES string of the molecule is C=C1N(Cc2ccccc2)C(=O)C(CCC(=O)OC)C1(C)C. The highest BCUT2D eigenvalue weighted by atomic mass is 16.5. The Labute approximate surface area is 131 Å². The number of hydrogen-bond acceptors (Lipinski definition) is 3. The van der Waals surface area contributed by atoms with E-state index in [0.29, 0.717) is 13.0 Å². The first kappa shape index (κ1) is 16.3. The number of amides is 1. The molecule has 0 radical (unpaired) electrons. The first-order valence-corrected chi connectivity index (χ1v) is 7.49. The van der Waals surface area contributed by atoms with E-state index < -0.39 is 0 Å². The number of carbonyl (C=O) groups excluding carboxylic acids is 2. The van der Waals surface area contributed by atoms with Crippen LogP contribution in [0.5, 0.6) is 0 Å². The van der Waals surface area contributed by atoms with Gasteiger partial charge in [0, 0.05) is 23.5 Å². The second-order valence-electron chi connectivity index (χ2n) is 6.25. The number of esters is 1. The van der Waals surface area contributed by atoms with Gasteiger partial charge in [0.15, 0.2) is 0 Å². The van der Waals surface area contributed by atoms with Crippen LogP contribution in [0.25, 0.3) is 0 Å². The van der Waals surface area contributed by atoms with Gasteiger partial charge in [0.25, 0.3) is 0 Å². The van der Waals surface area contributed by atoms with Crippen molar-refractivity contribution in [2.45, 2.75) is 33.2 Å². The molecule has 0 aromatic heterocycles. The number of allylic oxidation sites excluding steroid dienone is 1. The summed E-state index contributed by atoms with van der Waals surface area (Å²) in [6.45, 7) is 8.67. The molecular weight excluding hydrogens is 278 g/mol. The molecule has 0 bridgehead atoms. The quantitative estimate of drug-likeness (QED) is 0.785. The van der Waals surface area contributed by atoms with Gasteiger partial charge < -0.3 is 9.64 Å². The van der Waals surface area contributed by atoms with E-state index in [1.54, 1.807) is 4.90 Å². The summed E-state index contributed by atoms with van der Waals surface area (Å²) in [6, 6.07) is 9.86. The van der Waals surface area contributed by atoms with Gasteiger partial charge in [0.1, 0.15) is 0 Å². The molecular formula is C18H23NO3.